The van der Waals surface area contributed by atoms with Gasteiger partial charge < -0.3 is 4.90 Å². The van der Waals surface area contributed by atoms with E-state index in [2.05, 4.69) is 6.58 Å². The lowest BCUT2D eigenvalue weighted by molar-refractivity contribution is -0.116. The highest BCUT2D eigenvalue weighted by Crippen LogP contribution is 2.36. The summed E-state index contributed by atoms with van der Waals surface area (Å²) in [5, 5.41) is 0. The fraction of sp³-hybridized carbons (Fsp3) is 0.286. The molecule has 0 aliphatic carbocycles. The minimum Gasteiger partial charge on any atom is -0.310 e. The molecule has 4 heteroatoms. The molecule has 0 atom stereocenters. The molecule has 0 saturated heterocycles. The number of benzene rings is 1. The number of thioether (sulfide) groups is 1. The van der Waals surface area contributed by atoms with Crippen molar-refractivity contribution in [3.63, 3.8) is 0 Å². The quantitative estimate of drug-likeness (QED) is 0.618. The average Bonchev–Trinajstić information content (AvgIpc) is 2.37. The highest BCUT2D eigenvalue weighted by molar-refractivity contribution is 8.00. The van der Waals surface area contributed by atoms with Gasteiger partial charge in [0.1, 0.15) is 0 Å². The van der Waals surface area contributed by atoms with Crippen LogP contribution in [0.25, 0.3) is 0 Å². The molecule has 2 rings (SSSR count). The Kier molecular flexibility index (Phi) is 3.87. The molecule has 0 N–H and O–H groups in total. The Morgan fingerprint density at radius 2 is 2.33 bits per heavy atom. The van der Waals surface area contributed by atoms with Gasteiger partial charge in [0.15, 0.2) is 5.78 Å². The Hall–Kier alpha value is -1.55. The standard InChI is InChI=1S/C14H15NO2S/c1-3-4-7-15-12-6-5-11(10(2)16)8-13(12)18-9-14(15)17/h3,5-6,8H,1,4,7,9H2,2H3. The summed E-state index contributed by atoms with van der Waals surface area (Å²) in [6, 6.07) is 5.51. The van der Waals surface area contributed by atoms with Crippen molar-refractivity contribution in [3.05, 3.63) is 36.4 Å². The zero-order valence-electron chi connectivity index (χ0n) is 10.3. The lowest BCUT2D eigenvalue weighted by Gasteiger charge is -2.28. The summed E-state index contributed by atoms with van der Waals surface area (Å²) in [6.07, 6.45) is 2.57. The fourth-order valence-corrected chi connectivity index (χ4v) is 2.86. The van der Waals surface area contributed by atoms with E-state index in [1.54, 1.807) is 24.0 Å². The minimum atomic E-state index is 0.0490. The van der Waals surface area contributed by atoms with Crippen molar-refractivity contribution in [2.24, 2.45) is 0 Å². The van der Waals surface area contributed by atoms with Crippen LogP contribution < -0.4 is 4.90 Å². The Balaban J connectivity index is 2.35. The van der Waals surface area contributed by atoms with E-state index in [0.29, 0.717) is 17.9 Å². The number of fused-ring (bicyclic) bond motifs is 1. The Labute approximate surface area is 111 Å². The maximum atomic E-state index is 11.9. The van der Waals surface area contributed by atoms with Gasteiger partial charge in [0.2, 0.25) is 5.91 Å². The lowest BCUT2D eigenvalue weighted by Crippen LogP contribution is -2.36. The molecule has 0 radical (unpaired) electrons. The maximum Gasteiger partial charge on any atom is 0.237 e. The van der Waals surface area contributed by atoms with Crippen molar-refractivity contribution in [3.8, 4) is 0 Å². The molecule has 0 saturated carbocycles. The first-order chi connectivity index (χ1) is 8.63. The van der Waals surface area contributed by atoms with Crippen LogP contribution in [-0.2, 0) is 4.79 Å². The van der Waals surface area contributed by atoms with Crippen LogP contribution in [0, 0.1) is 0 Å². The number of hydrogen-bond donors (Lipinski definition) is 0. The summed E-state index contributed by atoms with van der Waals surface area (Å²) in [6.45, 7) is 5.88. The van der Waals surface area contributed by atoms with Crippen molar-refractivity contribution in [1.82, 2.24) is 0 Å². The van der Waals surface area contributed by atoms with Crippen LogP contribution in [0.5, 0.6) is 0 Å². The molecule has 0 unspecified atom stereocenters. The molecule has 94 valence electrons. The third-order valence-electron chi connectivity index (χ3n) is 2.87. The molecule has 0 aromatic heterocycles. The van der Waals surface area contributed by atoms with Crippen molar-refractivity contribution in [1.29, 1.82) is 0 Å². The first kappa shape index (κ1) is 12.9. The Morgan fingerprint density at radius 1 is 1.56 bits per heavy atom. The van der Waals surface area contributed by atoms with E-state index in [1.165, 1.54) is 11.8 Å². The van der Waals surface area contributed by atoms with Gasteiger partial charge in [-0.05, 0) is 31.5 Å². The van der Waals surface area contributed by atoms with Crippen molar-refractivity contribution < 1.29 is 9.59 Å². The second-order valence-electron chi connectivity index (χ2n) is 4.15. The van der Waals surface area contributed by atoms with Gasteiger partial charge in [0, 0.05) is 17.0 Å². The van der Waals surface area contributed by atoms with Gasteiger partial charge in [-0.15, -0.1) is 18.3 Å². The van der Waals surface area contributed by atoms with Gasteiger partial charge in [0.25, 0.3) is 0 Å². The molecule has 18 heavy (non-hydrogen) atoms. The molecule has 1 aliphatic rings. The number of hydrogen-bond acceptors (Lipinski definition) is 3. The van der Waals surface area contributed by atoms with E-state index in [-0.39, 0.29) is 11.7 Å². The molecule has 1 heterocycles. The zero-order chi connectivity index (χ0) is 13.1. The van der Waals surface area contributed by atoms with Crippen LogP contribution in [-0.4, -0.2) is 24.0 Å². The zero-order valence-corrected chi connectivity index (χ0v) is 11.1. The number of rotatable bonds is 4. The second-order valence-corrected chi connectivity index (χ2v) is 5.17. The molecule has 1 aromatic rings. The number of anilines is 1. The first-order valence-corrected chi connectivity index (χ1v) is 6.81. The largest absolute Gasteiger partial charge is 0.310 e. The van der Waals surface area contributed by atoms with Gasteiger partial charge in [-0.25, -0.2) is 0 Å². The summed E-state index contributed by atoms with van der Waals surface area (Å²) in [5.41, 5.74) is 1.60. The van der Waals surface area contributed by atoms with Crippen LogP contribution in [0.4, 0.5) is 5.69 Å². The summed E-state index contributed by atoms with van der Waals surface area (Å²) >= 11 is 1.50. The van der Waals surface area contributed by atoms with E-state index >= 15 is 0 Å². The topological polar surface area (TPSA) is 37.4 Å². The summed E-state index contributed by atoms with van der Waals surface area (Å²) in [4.78, 5) is 26.0. The predicted molar refractivity (Wildman–Crippen MR) is 74.3 cm³/mol. The molecule has 0 bridgehead atoms. The molecule has 0 fully saturated rings. The van der Waals surface area contributed by atoms with Gasteiger partial charge in [-0.3, -0.25) is 9.59 Å². The highest BCUT2D eigenvalue weighted by Gasteiger charge is 2.24. The van der Waals surface area contributed by atoms with Crippen LogP contribution >= 0.6 is 11.8 Å². The normalized spacial score (nSPS) is 14.3. The fourth-order valence-electron chi connectivity index (χ4n) is 1.89. The first-order valence-electron chi connectivity index (χ1n) is 5.82. The number of carbonyl (C=O) groups excluding carboxylic acids is 2. The van der Waals surface area contributed by atoms with E-state index in [0.717, 1.165) is 17.0 Å². The number of ketones is 1. The minimum absolute atomic E-state index is 0.0490. The van der Waals surface area contributed by atoms with Crippen LogP contribution in [0.1, 0.15) is 23.7 Å². The summed E-state index contributed by atoms with van der Waals surface area (Å²) < 4.78 is 0. The van der Waals surface area contributed by atoms with Crippen molar-refractivity contribution in [2.45, 2.75) is 18.2 Å². The lowest BCUT2D eigenvalue weighted by atomic mass is 10.1. The van der Waals surface area contributed by atoms with Crippen molar-refractivity contribution in [2.75, 3.05) is 17.2 Å². The van der Waals surface area contributed by atoms with E-state index in [9.17, 15) is 9.59 Å². The average molecular weight is 261 g/mol. The third kappa shape index (κ3) is 2.48. The number of Topliss-reactive ketones (excluding diaryl/α,β-unsaturated/α-hetero) is 1. The smallest absolute Gasteiger partial charge is 0.237 e. The highest BCUT2D eigenvalue weighted by atomic mass is 32.2. The third-order valence-corrected chi connectivity index (χ3v) is 3.90. The van der Waals surface area contributed by atoms with Crippen LogP contribution in [0.3, 0.4) is 0 Å². The van der Waals surface area contributed by atoms with Crippen LogP contribution in [0.15, 0.2) is 35.7 Å². The van der Waals surface area contributed by atoms with Gasteiger partial charge in [-0.1, -0.05) is 6.08 Å². The molecule has 0 spiro atoms. The molecular formula is C14H15NO2S. The van der Waals surface area contributed by atoms with Crippen LogP contribution in [0.2, 0.25) is 0 Å². The molecule has 3 nitrogen and oxygen atoms in total. The second kappa shape index (κ2) is 5.40. The molecule has 1 aliphatic heterocycles. The molecule has 1 aromatic carbocycles. The van der Waals surface area contributed by atoms with E-state index in [1.807, 2.05) is 12.1 Å². The van der Waals surface area contributed by atoms with Gasteiger partial charge >= 0.3 is 0 Å². The molecule has 1 amide bonds. The Bertz CT molecular complexity index is 511. The van der Waals surface area contributed by atoms with E-state index in [4.69, 9.17) is 0 Å². The summed E-state index contributed by atoms with van der Waals surface area (Å²) in [5.74, 6) is 0.601. The van der Waals surface area contributed by atoms with Gasteiger partial charge in [-0.2, -0.15) is 0 Å². The van der Waals surface area contributed by atoms with Crippen molar-refractivity contribution >= 4 is 29.1 Å². The molecular weight excluding hydrogens is 246 g/mol. The number of carbonyl (C=O) groups is 2. The Morgan fingerprint density at radius 3 is 3.00 bits per heavy atom. The van der Waals surface area contributed by atoms with Gasteiger partial charge in [0.05, 0.1) is 11.4 Å². The predicted octanol–water partition coefficient (Wildman–Crippen LogP) is 2.90. The number of nitrogens with zero attached hydrogens (tertiary/aromatic N) is 1. The maximum absolute atomic E-state index is 11.9. The monoisotopic (exact) mass is 261 g/mol. The van der Waals surface area contributed by atoms with E-state index < -0.39 is 0 Å². The SMILES string of the molecule is C=CCCN1C(=O)CSc2cc(C(C)=O)ccc21. The summed E-state index contributed by atoms with van der Waals surface area (Å²) in [7, 11) is 0. The number of amides is 1.